The van der Waals surface area contributed by atoms with Gasteiger partial charge in [-0.3, -0.25) is 44.7 Å². The highest BCUT2D eigenvalue weighted by atomic mass is 16.1. The summed E-state index contributed by atoms with van der Waals surface area (Å²) in [5.74, 6) is -0.691. The zero-order valence-corrected chi connectivity index (χ0v) is 24.6. The average molecular weight is 533 g/mol. The maximum Gasteiger partial charge on any atom is 0.157 e. The summed E-state index contributed by atoms with van der Waals surface area (Å²) < 4.78 is 0. The first-order valence-electron chi connectivity index (χ1n) is 14.4. The molecule has 0 saturated heterocycles. The van der Waals surface area contributed by atoms with Gasteiger partial charge in [0.25, 0.3) is 0 Å². The van der Waals surface area contributed by atoms with E-state index in [0.29, 0.717) is 12.8 Å². The van der Waals surface area contributed by atoms with Gasteiger partial charge >= 0.3 is 0 Å². The van der Waals surface area contributed by atoms with Crippen molar-refractivity contribution in [3.63, 3.8) is 0 Å². The molecule has 0 fully saturated rings. The van der Waals surface area contributed by atoms with Crippen LogP contribution in [0.15, 0.2) is 39.9 Å². The van der Waals surface area contributed by atoms with Crippen molar-refractivity contribution in [3.8, 4) is 0 Å². The minimum Gasteiger partial charge on any atom is -0.300 e. The monoisotopic (exact) mass is 532 g/mol. The summed E-state index contributed by atoms with van der Waals surface area (Å²) in [6.07, 6.45) is 20.1. The van der Waals surface area contributed by atoms with E-state index in [4.69, 9.17) is 39.9 Å². The highest BCUT2D eigenvalue weighted by molar-refractivity contribution is 6.19. The van der Waals surface area contributed by atoms with Crippen LogP contribution in [0.25, 0.3) is 0 Å². The van der Waals surface area contributed by atoms with E-state index in [-0.39, 0.29) is 5.78 Å². The van der Waals surface area contributed by atoms with Crippen LogP contribution in [0.4, 0.5) is 0 Å². The van der Waals surface area contributed by atoms with Gasteiger partial charge in [0, 0.05) is 55.6 Å². The first kappa shape index (κ1) is 29.0. The molecular weight excluding hydrogens is 488 g/mol. The number of nitrogens with zero attached hydrogens (tertiary/aromatic N) is 8. The topological polar surface area (TPSA) is 116 Å². The zero-order valence-electron chi connectivity index (χ0n) is 24.6. The molecular formula is C30H44N8O. The quantitative estimate of drug-likeness (QED) is 0.273. The van der Waals surface area contributed by atoms with E-state index < -0.39 is 39.4 Å². The highest BCUT2D eigenvalue weighted by Gasteiger charge is 2.76. The molecule has 0 aromatic heterocycles. The van der Waals surface area contributed by atoms with Gasteiger partial charge in [0.1, 0.15) is 5.78 Å². The lowest BCUT2D eigenvalue weighted by Gasteiger charge is -2.63. The Morgan fingerprint density at radius 2 is 0.897 bits per heavy atom. The van der Waals surface area contributed by atoms with Gasteiger partial charge in [0.15, 0.2) is 22.7 Å². The van der Waals surface area contributed by atoms with E-state index in [2.05, 4.69) is 13.8 Å². The Morgan fingerprint density at radius 3 is 1.18 bits per heavy atom. The number of carbonyl (C=O) groups is 1. The van der Waals surface area contributed by atoms with Crippen molar-refractivity contribution in [1.82, 2.24) is 0 Å². The fraction of sp³-hybridized carbons (Fsp3) is 0.700. The van der Waals surface area contributed by atoms with Crippen molar-refractivity contribution in [1.29, 1.82) is 0 Å². The van der Waals surface area contributed by atoms with Gasteiger partial charge in [0.2, 0.25) is 0 Å². The summed E-state index contributed by atoms with van der Waals surface area (Å²) in [4.78, 5) is 54.5. The van der Waals surface area contributed by atoms with Gasteiger partial charge in [-0.1, -0.05) is 46.0 Å². The molecule has 4 aliphatic rings. The number of hydrogen-bond acceptors (Lipinski definition) is 9. The molecule has 0 bridgehead atoms. The van der Waals surface area contributed by atoms with E-state index in [1.807, 2.05) is 27.7 Å². The van der Waals surface area contributed by atoms with Crippen LogP contribution in [0.1, 0.15) is 93.4 Å². The number of hydrogen-bond donors (Lipinski definition) is 0. The van der Waals surface area contributed by atoms with Crippen LogP contribution in [0.5, 0.6) is 0 Å². The Kier molecular flexibility index (Phi) is 7.85. The Balaban J connectivity index is 2.14. The molecule has 9 heteroatoms. The van der Waals surface area contributed by atoms with Crippen molar-refractivity contribution < 1.29 is 4.79 Å². The van der Waals surface area contributed by atoms with Gasteiger partial charge in [-0.2, -0.15) is 0 Å². The minimum absolute atomic E-state index is 0.00745. The van der Waals surface area contributed by atoms with Gasteiger partial charge in [0.05, 0.1) is 10.8 Å². The van der Waals surface area contributed by atoms with Gasteiger partial charge in [-0.15, -0.1) is 0 Å². The second kappa shape index (κ2) is 10.5. The molecule has 9 nitrogen and oxygen atoms in total. The van der Waals surface area contributed by atoms with Crippen LogP contribution in [0.3, 0.4) is 0 Å². The maximum absolute atomic E-state index is 14.6. The molecule has 0 aliphatic carbocycles. The molecule has 4 aliphatic heterocycles. The fourth-order valence-corrected chi connectivity index (χ4v) is 8.05. The third kappa shape index (κ3) is 4.14. The number of unbranched alkanes of at least 4 members (excludes halogenated alkanes) is 3. The Hall–Kier alpha value is -2.97. The van der Waals surface area contributed by atoms with E-state index in [1.165, 1.54) is 0 Å². The predicted molar refractivity (Wildman–Crippen MR) is 164 cm³/mol. The molecule has 0 spiro atoms. The van der Waals surface area contributed by atoms with Gasteiger partial charge in [-0.05, 0) is 47.5 Å². The van der Waals surface area contributed by atoms with E-state index in [1.54, 1.807) is 56.6 Å². The Bertz CT molecular complexity index is 1070. The lowest BCUT2D eigenvalue weighted by atomic mass is 9.44. The molecule has 39 heavy (non-hydrogen) atoms. The van der Waals surface area contributed by atoms with E-state index in [9.17, 15) is 4.79 Å². The van der Waals surface area contributed by atoms with Crippen molar-refractivity contribution in [2.45, 2.75) is 116 Å². The molecule has 1 atom stereocenters. The minimum atomic E-state index is -1.01. The lowest BCUT2D eigenvalue weighted by Crippen LogP contribution is -2.71. The molecule has 0 radical (unpaired) electrons. The molecule has 0 saturated carbocycles. The molecule has 0 N–H and O–H groups in total. The van der Waals surface area contributed by atoms with E-state index in [0.717, 1.165) is 32.1 Å². The summed E-state index contributed by atoms with van der Waals surface area (Å²) in [6.45, 7) is 14.1. The van der Waals surface area contributed by atoms with Crippen LogP contribution in [0, 0.1) is 16.7 Å². The zero-order chi connectivity index (χ0) is 28.4. The van der Waals surface area contributed by atoms with Crippen LogP contribution < -0.4 is 0 Å². The second-order valence-corrected chi connectivity index (χ2v) is 11.9. The smallest absolute Gasteiger partial charge is 0.157 e. The Labute approximate surface area is 233 Å². The maximum atomic E-state index is 14.6. The summed E-state index contributed by atoms with van der Waals surface area (Å²) in [5, 5.41) is 0. The number of carbonyl (C=O) groups excluding carboxylic acids is 1. The fourth-order valence-electron chi connectivity index (χ4n) is 8.05. The van der Waals surface area contributed by atoms with Crippen LogP contribution >= 0.6 is 0 Å². The second-order valence-electron chi connectivity index (χ2n) is 11.9. The first-order chi connectivity index (χ1) is 18.5. The third-order valence-corrected chi connectivity index (χ3v) is 9.72. The Morgan fingerprint density at radius 1 is 0.564 bits per heavy atom. The van der Waals surface area contributed by atoms with E-state index >= 15 is 0 Å². The lowest BCUT2D eigenvalue weighted by molar-refractivity contribution is -0.163. The SMILES string of the molecule is CCCCCCC(C(C(C)=O)C(CCC)(C1(C)N=CC=N1)C1(C)N=CC=N1)(C1(C)N=CC=N1)C1(C)N=CC=N1. The van der Waals surface area contributed by atoms with Crippen LogP contribution in [0.2, 0.25) is 0 Å². The molecule has 0 amide bonds. The predicted octanol–water partition coefficient (Wildman–Crippen LogP) is 5.42. The normalized spacial score (nSPS) is 23.5. The largest absolute Gasteiger partial charge is 0.300 e. The van der Waals surface area contributed by atoms with Crippen molar-refractivity contribution in [2.75, 3.05) is 0 Å². The summed E-state index contributed by atoms with van der Waals surface area (Å²) in [6, 6.07) is 0. The number of ketones is 1. The number of aliphatic imine (C=N–C) groups is 8. The van der Waals surface area contributed by atoms with Crippen LogP contribution in [-0.4, -0.2) is 78.2 Å². The molecule has 210 valence electrons. The van der Waals surface area contributed by atoms with Gasteiger partial charge < -0.3 is 0 Å². The van der Waals surface area contributed by atoms with Crippen molar-refractivity contribution in [2.24, 2.45) is 56.7 Å². The average Bonchev–Trinajstić information content (AvgIpc) is 3.70. The first-order valence-corrected chi connectivity index (χ1v) is 14.4. The summed E-state index contributed by atoms with van der Waals surface area (Å²) in [7, 11) is 0. The summed E-state index contributed by atoms with van der Waals surface area (Å²) >= 11 is 0. The van der Waals surface area contributed by atoms with Crippen LogP contribution in [-0.2, 0) is 4.79 Å². The van der Waals surface area contributed by atoms with Crippen molar-refractivity contribution >= 4 is 55.5 Å². The summed E-state index contributed by atoms with van der Waals surface area (Å²) in [5.41, 5.74) is -5.96. The molecule has 1 unspecified atom stereocenters. The standard InChI is InChI=1S/C30H44N8O/c1-8-10-11-12-14-30(27(6)35-19-20-36-27,28(7)37-21-22-38-28)24(23(3)39)29(13-9-2,25(4)31-15-16-32-25)26(5)33-17-18-34-26/h15-22,24H,8-14H2,1-7H3. The molecule has 0 aromatic rings. The number of Topliss-reactive ketones (excluding diaryl/α,β-unsaturated/α-hetero) is 1. The molecule has 4 heterocycles. The number of rotatable bonds is 14. The van der Waals surface area contributed by atoms with Crippen molar-refractivity contribution in [3.05, 3.63) is 0 Å². The van der Waals surface area contributed by atoms with Gasteiger partial charge in [-0.25, -0.2) is 0 Å². The highest BCUT2D eigenvalue weighted by Crippen LogP contribution is 2.68. The third-order valence-electron chi connectivity index (χ3n) is 9.72. The molecule has 0 aromatic carbocycles. The molecule has 4 rings (SSSR count).